The molecule has 0 radical (unpaired) electrons. The maximum atomic E-state index is 11.8. The number of halogens is 1. The van der Waals surface area contributed by atoms with Crippen LogP contribution in [-0.4, -0.2) is 46.7 Å². The van der Waals surface area contributed by atoms with Crippen molar-refractivity contribution in [1.82, 2.24) is 25.3 Å². The maximum Gasteiger partial charge on any atom is 0.222 e. The third-order valence-electron chi connectivity index (χ3n) is 4.64. The molecule has 0 saturated carbocycles. The zero-order chi connectivity index (χ0) is 18.9. The van der Waals surface area contributed by atoms with Gasteiger partial charge in [-0.25, -0.2) is 0 Å². The molecule has 7 nitrogen and oxygen atoms in total. The van der Waals surface area contributed by atoms with Crippen molar-refractivity contribution in [3.63, 3.8) is 0 Å². The quantitative estimate of drug-likeness (QED) is 0.255. The molecule has 3 rings (SSSR count). The van der Waals surface area contributed by atoms with E-state index in [1.54, 1.807) is 13.2 Å². The van der Waals surface area contributed by atoms with Gasteiger partial charge in [0.05, 0.1) is 0 Å². The molecule has 0 aliphatic carbocycles. The third kappa shape index (κ3) is 6.81. The van der Waals surface area contributed by atoms with Crippen LogP contribution in [0.3, 0.4) is 0 Å². The Morgan fingerprint density at radius 3 is 2.82 bits per heavy atom. The molecule has 1 aromatic carbocycles. The molecule has 8 heteroatoms. The van der Waals surface area contributed by atoms with E-state index in [9.17, 15) is 4.79 Å². The summed E-state index contributed by atoms with van der Waals surface area (Å²) in [6, 6.07) is 10.3. The van der Waals surface area contributed by atoms with Crippen LogP contribution in [0, 0.1) is 0 Å². The van der Waals surface area contributed by atoms with Gasteiger partial charge >= 0.3 is 0 Å². The Kier molecular flexibility index (Phi) is 9.26. The molecule has 0 spiro atoms. The Morgan fingerprint density at radius 2 is 2.11 bits per heavy atom. The fourth-order valence-corrected chi connectivity index (χ4v) is 3.22. The predicted molar refractivity (Wildman–Crippen MR) is 122 cm³/mol. The first-order chi connectivity index (χ1) is 13.2. The number of carbonyl (C=O) groups is 1. The van der Waals surface area contributed by atoms with Gasteiger partial charge in [-0.1, -0.05) is 24.3 Å². The Balaban J connectivity index is 0.00000280. The topological polar surface area (TPSA) is 74.6 Å². The molecule has 1 aliphatic heterocycles. The molecule has 1 saturated heterocycles. The number of rotatable bonds is 8. The summed E-state index contributed by atoms with van der Waals surface area (Å²) >= 11 is 0. The molecule has 1 fully saturated rings. The van der Waals surface area contributed by atoms with E-state index in [-0.39, 0.29) is 29.9 Å². The molecule has 0 atom stereocenters. The van der Waals surface area contributed by atoms with Gasteiger partial charge in [0.15, 0.2) is 5.96 Å². The Labute approximate surface area is 183 Å². The highest BCUT2D eigenvalue weighted by Crippen LogP contribution is 2.15. The second-order valence-corrected chi connectivity index (χ2v) is 6.71. The maximum absolute atomic E-state index is 11.8. The van der Waals surface area contributed by atoms with E-state index in [0.29, 0.717) is 19.5 Å². The third-order valence-corrected chi connectivity index (χ3v) is 4.64. The van der Waals surface area contributed by atoms with Gasteiger partial charge in [0, 0.05) is 58.6 Å². The zero-order valence-electron chi connectivity index (χ0n) is 16.3. The van der Waals surface area contributed by atoms with Crippen LogP contribution in [0.15, 0.2) is 47.7 Å². The molecule has 28 heavy (non-hydrogen) atoms. The number of likely N-dealkylation sites (tertiary alicyclic amines) is 1. The molecule has 0 bridgehead atoms. The number of amides is 1. The number of aromatic nitrogens is 2. The molecular formula is C20H29IN6O. The van der Waals surface area contributed by atoms with Crippen LogP contribution in [0.2, 0.25) is 0 Å². The van der Waals surface area contributed by atoms with Crippen molar-refractivity contribution in [1.29, 1.82) is 0 Å². The SMILES string of the molecule is CN=C(NCCCn1cccn1)NCc1cccc(CN2CCCC2=O)c1.I. The molecular weight excluding hydrogens is 467 g/mol. The number of hydrogen-bond acceptors (Lipinski definition) is 3. The average molecular weight is 496 g/mol. The molecule has 1 aliphatic rings. The lowest BCUT2D eigenvalue weighted by molar-refractivity contribution is -0.128. The van der Waals surface area contributed by atoms with Crippen molar-refractivity contribution < 1.29 is 4.79 Å². The first kappa shape index (κ1) is 22.2. The van der Waals surface area contributed by atoms with Gasteiger partial charge in [-0.05, 0) is 30.0 Å². The van der Waals surface area contributed by atoms with Crippen molar-refractivity contribution >= 4 is 35.8 Å². The summed E-state index contributed by atoms with van der Waals surface area (Å²) in [5.74, 6) is 1.05. The van der Waals surface area contributed by atoms with Crippen LogP contribution in [0.1, 0.15) is 30.4 Å². The number of hydrogen-bond donors (Lipinski definition) is 2. The normalized spacial score (nSPS) is 14.1. The second-order valence-electron chi connectivity index (χ2n) is 6.71. The van der Waals surface area contributed by atoms with E-state index in [2.05, 4.69) is 38.9 Å². The standard InChI is InChI=1S/C20H28N6O.HI/c1-21-20(22-9-4-12-26-13-5-10-24-26)23-15-17-6-2-7-18(14-17)16-25-11-3-8-19(25)27;/h2,5-7,10,13-14H,3-4,8-9,11-12,15-16H2,1H3,(H2,21,22,23);1H. The minimum atomic E-state index is 0. The van der Waals surface area contributed by atoms with Crippen LogP contribution in [0.25, 0.3) is 0 Å². The fourth-order valence-electron chi connectivity index (χ4n) is 3.22. The van der Waals surface area contributed by atoms with E-state index in [0.717, 1.165) is 38.4 Å². The van der Waals surface area contributed by atoms with E-state index < -0.39 is 0 Å². The highest BCUT2D eigenvalue weighted by molar-refractivity contribution is 14.0. The van der Waals surface area contributed by atoms with E-state index in [4.69, 9.17) is 0 Å². The summed E-state index contributed by atoms with van der Waals surface area (Å²) in [6.07, 6.45) is 6.39. The molecule has 2 heterocycles. The summed E-state index contributed by atoms with van der Waals surface area (Å²) in [4.78, 5) is 18.0. The highest BCUT2D eigenvalue weighted by atomic mass is 127. The van der Waals surface area contributed by atoms with Crippen LogP contribution < -0.4 is 10.6 Å². The molecule has 1 aromatic heterocycles. The first-order valence-electron chi connectivity index (χ1n) is 9.52. The summed E-state index contributed by atoms with van der Waals surface area (Å²) < 4.78 is 1.93. The van der Waals surface area contributed by atoms with Gasteiger partial charge in [-0.15, -0.1) is 24.0 Å². The van der Waals surface area contributed by atoms with Gasteiger partial charge in [0.25, 0.3) is 0 Å². The van der Waals surface area contributed by atoms with E-state index >= 15 is 0 Å². The summed E-state index contributed by atoms with van der Waals surface area (Å²) in [5, 5.41) is 10.9. The van der Waals surface area contributed by atoms with Crippen LogP contribution >= 0.6 is 24.0 Å². The van der Waals surface area contributed by atoms with Crippen molar-refractivity contribution in [3.8, 4) is 0 Å². The summed E-state index contributed by atoms with van der Waals surface area (Å²) in [6.45, 7) is 3.98. The largest absolute Gasteiger partial charge is 0.356 e. The lowest BCUT2D eigenvalue weighted by Gasteiger charge is -2.16. The van der Waals surface area contributed by atoms with Crippen molar-refractivity contribution in [2.75, 3.05) is 20.1 Å². The lowest BCUT2D eigenvalue weighted by Crippen LogP contribution is -2.37. The number of guanidine groups is 1. The van der Waals surface area contributed by atoms with Gasteiger partial charge < -0.3 is 15.5 Å². The fraction of sp³-hybridized carbons (Fsp3) is 0.450. The summed E-state index contributed by atoms with van der Waals surface area (Å²) in [7, 11) is 1.78. The van der Waals surface area contributed by atoms with E-state index in [1.807, 2.05) is 27.9 Å². The predicted octanol–water partition coefficient (Wildman–Crippen LogP) is 2.38. The first-order valence-corrected chi connectivity index (χ1v) is 9.52. The number of aliphatic imine (C=N–C) groups is 1. The summed E-state index contributed by atoms with van der Waals surface area (Å²) in [5.41, 5.74) is 2.35. The van der Waals surface area contributed by atoms with Crippen molar-refractivity contribution in [2.24, 2.45) is 4.99 Å². The van der Waals surface area contributed by atoms with Crippen LogP contribution in [0.5, 0.6) is 0 Å². The number of aryl methyl sites for hydroxylation is 1. The lowest BCUT2D eigenvalue weighted by atomic mass is 10.1. The highest BCUT2D eigenvalue weighted by Gasteiger charge is 2.19. The Hall–Kier alpha value is -2.10. The van der Waals surface area contributed by atoms with Crippen LogP contribution in [-0.2, 0) is 24.4 Å². The van der Waals surface area contributed by atoms with Gasteiger partial charge in [-0.2, -0.15) is 5.10 Å². The minimum Gasteiger partial charge on any atom is -0.356 e. The van der Waals surface area contributed by atoms with Gasteiger partial charge in [-0.3, -0.25) is 14.5 Å². The smallest absolute Gasteiger partial charge is 0.222 e. The van der Waals surface area contributed by atoms with Crippen LogP contribution in [0.4, 0.5) is 0 Å². The average Bonchev–Trinajstić information content (AvgIpc) is 3.34. The van der Waals surface area contributed by atoms with Gasteiger partial charge in [0.2, 0.25) is 5.91 Å². The Morgan fingerprint density at radius 1 is 1.25 bits per heavy atom. The number of nitrogens with one attached hydrogen (secondary N) is 2. The molecule has 2 N–H and O–H groups in total. The monoisotopic (exact) mass is 496 g/mol. The Bertz CT molecular complexity index is 762. The van der Waals surface area contributed by atoms with Crippen molar-refractivity contribution in [2.45, 2.75) is 38.9 Å². The number of carbonyl (C=O) groups excluding carboxylic acids is 1. The second kappa shape index (κ2) is 11.7. The number of nitrogens with zero attached hydrogens (tertiary/aromatic N) is 4. The molecule has 1 amide bonds. The zero-order valence-corrected chi connectivity index (χ0v) is 18.6. The molecule has 2 aromatic rings. The molecule has 152 valence electrons. The van der Waals surface area contributed by atoms with E-state index in [1.165, 1.54) is 11.1 Å². The van der Waals surface area contributed by atoms with Crippen molar-refractivity contribution in [3.05, 3.63) is 53.9 Å². The number of benzene rings is 1. The van der Waals surface area contributed by atoms with Gasteiger partial charge in [0.1, 0.15) is 0 Å². The minimum absolute atomic E-state index is 0. The molecule has 0 unspecified atom stereocenters.